The minimum absolute atomic E-state index is 0.0950. The summed E-state index contributed by atoms with van der Waals surface area (Å²) < 4.78 is 19.3. The third-order valence-corrected chi connectivity index (χ3v) is 3.02. The van der Waals surface area contributed by atoms with Crippen molar-refractivity contribution >= 4 is 27.9 Å². The van der Waals surface area contributed by atoms with Crippen LogP contribution in [-0.2, 0) is 11.3 Å². The van der Waals surface area contributed by atoms with Crippen molar-refractivity contribution < 1.29 is 18.7 Å². The van der Waals surface area contributed by atoms with Gasteiger partial charge in [0, 0.05) is 15.6 Å². The van der Waals surface area contributed by atoms with Crippen LogP contribution in [0, 0.1) is 5.82 Å². The molecule has 0 fully saturated rings. The number of amides is 2. The van der Waals surface area contributed by atoms with E-state index in [1.54, 1.807) is 20.8 Å². The Morgan fingerprint density at radius 1 is 1.42 bits per heavy atom. The van der Waals surface area contributed by atoms with E-state index in [0.717, 1.165) is 4.90 Å². The highest BCUT2D eigenvalue weighted by atomic mass is 79.9. The maximum Gasteiger partial charge on any atom is 0.417 e. The van der Waals surface area contributed by atoms with Crippen molar-refractivity contribution in [2.75, 3.05) is 0 Å². The molecular weight excluding hydrogens is 317 g/mol. The monoisotopic (exact) mass is 329 g/mol. The highest BCUT2D eigenvalue weighted by Gasteiger charge is 2.36. The van der Waals surface area contributed by atoms with Crippen LogP contribution >= 0.6 is 15.9 Å². The van der Waals surface area contributed by atoms with Gasteiger partial charge in [-0.15, -0.1) is 0 Å². The fourth-order valence-corrected chi connectivity index (χ4v) is 2.22. The number of hydrogen-bond acceptors (Lipinski definition) is 3. The average molecular weight is 330 g/mol. The van der Waals surface area contributed by atoms with Gasteiger partial charge in [0.1, 0.15) is 11.4 Å². The van der Waals surface area contributed by atoms with E-state index in [9.17, 15) is 14.0 Å². The molecule has 0 aromatic heterocycles. The third-order valence-electron chi connectivity index (χ3n) is 2.57. The van der Waals surface area contributed by atoms with E-state index in [0.29, 0.717) is 4.47 Å². The maximum absolute atomic E-state index is 13.7. The van der Waals surface area contributed by atoms with E-state index in [2.05, 4.69) is 15.9 Å². The van der Waals surface area contributed by atoms with E-state index in [1.165, 1.54) is 12.1 Å². The zero-order valence-corrected chi connectivity index (χ0v) is 12.4. The number of benzene rings is 1. The Morgan fingerprint density at radius 3 is 2.63 bits per heavy atom. The van der Waals surface area contributed by atoms with E-state index in [-0.39, 0.29) is 17.7 Å². The van der Waals surface area contributed by atoms with Crippen molar-refractivity contribution in [2.24, 2.45) is 0 Å². The molecule has 1 heterocycles. The lowest BCUT2D eigenvalue weighted by Crippen LogP contribution is -2.36. The molecule has 4 nitrogen and oxygen atoms in total. The van der Waals surface area contributed by atoms with Gasteiger partial charge >= 0.3 is 6.09 Å². The van der Waals surface area contributed by atoms with Crippen LogP contribution in [0.5, 0.6) is 0 Å². The van der Waals surface area contributed by atoms with Gasteiger partial charge in [0.05, 0.1) is 6.54 Å². The summed E-state index contributed by atoms with van der Waals surface area (Å²) in [6, 6.07) is 2.77. The Balaban J connectivity index is 2.29. The summed E-state index contributed by atoms with van der Waals surface area (Å²) in [4.78, 5) is 24.9. The first-order chi connectivity index (χ1) is 8.69. The molecule has 1 aromatic rings. The van der Waals surface area contributed by atoms with Gasteiger partial charge in [-0.05, 0) is 32.9 Å². The minimum atomic E-state index is -0.760. The summed E-state index contributed by atoms with van der Waals surface area (Å²) in [5, 5.41) is 0. The fraction of sp³-hybridized carbons (Fsp3) is 0.385. The van der Waals surface area contributed by atoms with Crippen LogP contribution in [0.4, 0.5) is 9.18 Å². The molecule has 0 N–H and O–H groups in total. The van der Waals surface area contributed by atoms with Crippen LogP contribution in [0.25, 0.3) is 0 Å². The Labute approximate surface area is 118 Å². The molecule has 1 aliphatic rings. The number of fused-ring (bicyclic) bond motifs is 1. The average Bonchev–Trinajstić information content (AvgIpc) is 2.54. The standard InChI is InChI=1S/C13H13BrFNO3/c1-13(2,3)19-12(18)16-6-9-8(11(16)17)4-7(14)5-10(9)15/h4-5H,6H2,1-3H3. The third kappa shape index (κ3) is 2.78. The van der Waals surface area contributed by atoms with Gasteiger partial charge < -0.3 is 4.74 Å². The molecule has 0 spiro atoms. The lowest BCUT2D eigenvalue weighted by Gasteiger charge is -2.23. The van der Waals surface area contributed by atoms with Crippen molar-refractivity contribution in [1.29, 1.82) is 0 Å². The van der Waals surface area contributed by atoms with Gasteiger partial charge in [0.15, 0.2) is 0 Å². The topological polar surface area (TPSA) is 46.6 Å². The van der Waals surface area contributed by atoms with Crippen molar-refractivity contribution in [1.82, 2.24) is 4.90 Å². The van der Waals surface area contributed by atoms with E-state index >= 15 is 0 Å². The SMILES string of the molecule is CC(C)(C)OC(=O)N1Cc2c(F)cc(Br)cc2C1=O. The molecule has 1 aliphatic heterocycles. The summed E-state index contributed by atoms with van der Waals surface area (Å²) in [5.74, 6) is -1.05. The maximum atomic E-state index is 13.7. The number of carbonyl (C=O) groups excluding carboxylic acids is 2. The number of halogens is 2. The Bertz CT molecular complexity index is 566. The first kappa shape index (κ1) is 14.0. The second-order valence-electron chi connectivity index (χ2n) is 5.29. The first-order valence-corrected chi connectivity index (χ1v) is 6.51. The van der Waals surface area contributed by atoms with E-state index in [4.69, 9.17) is 4.74 Å². The Morgan fingerprint density at radius 2 is 2.05 bits per heavy atom. The van der Waals surface area contributed by atoms with Crippen LogP contribution in [0.15, 0.2) is 16.6 Å². The normalized spacial score (nSPS) is 14.6. The van der Waals surface area contributed by atoms with Gasteiger partial charge in [-0.1, -0.05) is 15.9 Å². The molecule has 2 amide bonds. The molecule has 0 saturated heterocycles. The van der Waals surface area contributed by atoms with Crippen molar-refractivity contribution in [3.63, 3.8) is 0 Å². The first-order valence-electron chi connectivity index (χ1n) is 5.72. The van der Waals surface area contributed by atoms with Crippen LogP contribution < -0.4 is 0 Å². The summed E-state index contributed by atoms with van der Waals surface area (Å²) in [5.41, 5.74) is -0.289. The lowest BCUT2D eigenvalue weighted by molar-refractivity contribution is 0.0247. The minimum Gasteiger partial charge on any atom is -0.443 e. The molecule has 19 heavy (non-hydrogen) atoms. The summed E-state index contributed by atoms with van der Waals surface area (Å²) >= 11 is 3.12. The molecule has 0 atom stereocenters. The number of rotatable bonds is 0. The van der Waals surface area contributed by atoms with Crippen LogP contribution in [-0.4, -0.2) is 22.5 Å². The number of imide groups is 1. The molecular formula is C13H13BrFNO3. The molecule has 0 saturated carbocycles. The Hall–Kier alpha value is -1.43. The van der Waals surface area contributed by atoms with Crippen molar-refractivity contribution in [3.8, 4) is 0 Å². The fourth-order valence-electron chi connectivity index (χ4n) is 1.79. The predicted octanol–water partition coefficient (Wildman–Crippen LogP) is 3.48. The van der Waals surface area contributed by atoms with Gasteiger partial charge in [0.25, 0.3) is 5.91 Å². The zero-order valence-electron chi connectivity index (χ0n) is 10.8. The van der Waals surface area contributed by atoms with Crippen LogP contribution in [0.3, 0.4) is 0 Å². The summed E-state index contributed by atoms with van der Waals surface area (Å²) in [6.45, 7) is 5.02. The highest BCUT2D eigenvalue weighted by molar-refractivity contribution is 9.10. The van der Waals surface area contributed by atoms with Gasteiger partial charge in [-0.3, -0.25) is 4.79 Å². The molecule has 0 bridgehead atoms. The molecule has 0 unspecified atom stereocenters. The smallest absolute Gasteiger partial charge is 0.417 e. The quantitative estimate of drug-likeness (QED) is 0.732. The van der Waals surface area contributed by atoms with Gasteiger partial charge in [-0.2, -0.15) is 0 Å². The van der Waals surface area contributed by atoms with Crippen LogP contribution in [0.2, 0.25) is 0 Å². The summed E-state index contributed by atoms with van der Waals surface area (Å²) in [6.07, 6.45) is -0.760. The largest absolute Gasteiger partial charge is 0.443 e. The Kier molecular flexibility index (Phi) is 3.38. The second kappa shape index (κ2) is 4.59. The lowest BCUT2D eigenvalue weighted by atomic mass is 10.1. The second-order valence-corrected chi connectivity index (χ2v) is 6.20. The van der Waals surface area contributed by atoms with Crippen LogP contribution in [0.1, 0.15) is 36.7 Å². The van der Waals surface area contributed by atoms with Crippen molar-refractivity contribution in [2.45, 2.75) is 32.9 Å². The molecule has 0 aliphatic carbocycles. The highest BCUT2D eigenvalue weighted by Crippen LogP contribution is 2.29. The number of ether oxygens (including phenoxy) is 1. The van der Waals surface area contributed by atoms with E-state index < -0.39 is 23.4 Å². The number of nitrogens with zero attached hydrogens (tertiary/aromatic N) is 1. The predicted molar refractivity (Wildman–Crippen MR) is 70.2 cm³/mol. The number of carbonyl (C=O) groups is 2. The van der Waals surface area contributed by atoms with Gasteiger partial charge in [-0.25, -0.2) is 14.1 Å². The van der Waals surface area contributed by atoms with Crippen molar-refractivity contribution in [3.05, 3.63) is 33.5 Å². The molecule has 102 valence electrons. The zero-order chi connectivity index (χ0) is 14.4. The number of hydrogen-bond donors (Lipinski definition) is 0. The van der Waals surface area contributed by atoms with E-state index in [1.807, 2.05) is 0 Å². The summed E-state index contributed by atoms with van der Waals surface area (Å²) in [7, 11) is 0. The molecule has 2 rings (SSSR count). The molecule has 0 radical (unpaired) electrons. The molecule has 6 heteroatoms. The van der Waals surface area contributed by atoms with Gasteiger partial charge in [0.2, 0.25) is 0 Å². The molecule has 1 aromatic carbocycles.